The summed E-state index contributed by atoms with van der Waals surface area (Å²) >= 11 is 1.06. The molecule has 1 saturated heterocycles. The van der Waals surface area contributed by atoms with Crippen molar-refractivity contribution >= 4 is 29.5 Å². The third-order valence-corrected chi connectivity index (χ3v) is 3.68. The van der Waals surface area contributed by atoms with Gasteiger partial charge in [-0.25, -0.2) is 0 Å². The van der Waals surface area contributed by atoms with Gasteiger partial charge in [-0.05, 0) is 13.3 Å². The first-order chi connectivity index (χ1) is 8.50. The fourth-order valence-electron chi connectivity index (χ4n) is 1.82. The van der Waals surface area contributed by atoms with Crippen LogP contribution in [0.1, 0.15) is 19.8 Å². The van der Waals surface area contributed by atoms with E-state index in [1.165, 1.54) is 0 Å². The van der Waals surface area contributed by atoms with Crippen LogP contribution in [0, 0.1) is 0 Å². The molecular formula is C11H18N2O4S. The van der Waals surface area contributed by atoms with E-state index in [2.05, 4.69) is 5.32 Å². The smallest absolute Gasteiger partial charge is 0.313 e. The summed E-state index contributed by atoms with van der Waals surface area (Å²) in [5, 5.41) is 11.1. The molecule has 7 heteroatoms. The van der Waals surface area contributed by atoms with Crippen LogP contribution in [0.15, 0.2) is 0 Å². The van der Waals surface area contributed by atoms with Crippen LogP contribution >= 0.6 is 11.8 Å². The van der Waals surface area contributed by atoms with Gasteiger partial charge in [0.1, 0.15) is 0 Å². The highest BCUT2D eigenvalue weighted by Crippen LogP contribution is 2.16. The average Bonchev–Trinajstić information content (AvgIpc) is 2.60. The van der Waals surface area contributed by atoms with E-state index >= 15 is 0 Å². The zero-order valence-electron chi connectivity index (χ0n) is 10.3. The van der Waals surface area contributed by atoms with Crippen LogP contribution in [0.4, 0.5) is 0 Å². The molecule has 6 nitrogen and oxygen atoms in total. The molecule has 0 aromatic carbocycles. The van der Waals surface area contributed by atoms with E-state index in [0.717, 1.165) is 18.2 Å². The standard InChI is InChI=1S/C11H18N2O4S/c1-8-2-3-10(15)13(8)5-4-12-9(14)6-18-7-11(16)17/h8H,2-7H2,1H3,(H,12,14)(H,16,17). The van der Waals surface area contributed by atoms with E-state index < -0.39 is 5.97 Å². The Morgan fingerprint density at radius 3 is 2.78 bits per heavy atom. The monoisotopic (exact) mass is 274 g/mol. The Morgan fingerprint density at radius 1 is 1.50 bits per heavy atom. The molecule has 2 amide bonds. The minimum absolute atomic E-state index is 0.0743. The van der Waals surface area contributed by atoms with E-state index in [1.807, 2.05) is 6.92 Å². The van der Waals surface area contributed by atoms with Crippen LogP contribution in [0.3, 0.4) is 0 Å². The fraction of sp³-hybridized carbons (Fsp3) is 0.727. The number of carboxylic acids is 1. The Bertz CT molecular complexity index is 335. The van der Waals surface area contributed by atoms with Gasteiger partial charge in [0.15, 0.2) is 0 Å². The second kappa shape index (κ2) is 7.25. The number of rotatable bonds is 7. The first-order valence-electron chi connectivity index (χ1n) is 5.86. The van der Waals surface area contributed by atoms with E-state index in [-0.39, 0.29) is 29.4 Å². The van der Waals surface area contributed by atoms with Crippen LogP contribution < -0.4 is 5.32 Å². The van der Waals surface area contributed by atoms with Gasteiger partial charge in [0, 0.05) is 25.6 Å². The summed E-state index contributed by atoms with van der Waals surface area (Å²) in [7, 11) is 0. The Kier molecular flexibility index (Phi) is 5.97. The van der Waals surface area contributed by atoms with Crippen LogP contribution in [0.2, 0.25) is 0 Å². The van der Waals surface area contributed by atoms with Gasteiger partial charge in [-0.3, -0.25) is 14.4 Å². The number of carboxylic acid groups (broad SMARTS) is 1. The first-order valence-corrected chi connectivity index (χ1v) is 7.02. The third kappa shape index (κ3) is 4.95. The number of carbonyl (C=O) groups excluding carboxylic acids is 2. The molecule has 0 radical (unpaired) electrons. The highest BCUT2D eigenvalue weighted by atomic mass is 32.2. The molecule has 1 aliphatic heterocycles. The maximum Gasteiger partial charge on any atom is 0.313 e. The maximum atomic E-state index is 11.5. The number of carbonyl (C=O) groups is 3. The van der Waals surface area contributed by atoms with Crippen molar-refractivity contribution in [3.8, 4) is 0 Å². The number of likely N-dealkylation sites (tertiary alicyclic amines) is 1. The van der Waals surface area contributed by atoms with Crippen LogP contribution in [0.25, 0.3) is 0 Å². The second-order valence-corrected chi connectivity index (χ2v) is 5.20. The van der Waals surface area contributed by atoms with E-state index in [1.54, 1.807) is 4.90 Å². The number of aliphatic carboxylic acids is 1. The lowest BCUT2D eigenvalue weighted by Crippen LogP contribution is -2.39. The molecule has 1 atom stereocenters. The number of amides is 2. The van der Waals surface area contributed by atoms with E-state index in [9.17, 15) is 14.4 Å². The Hall–Kier alpha value is -1.24. The normalized spacial score (nSPS) is 19.1. The molecule has 0 aliphatic carbocycles. The number of hydrogen-bond acceptors (Lipinski definition) is 4. The zero-order chi connectivity index (χ0) is 13.5. The van der Waals surface area contributed by atoms with Crippen LogP contribution in [-0.4, -0.2) is 58.4 Å². The highest BCUT2D eigenvalue weighted by Gasteiger charge is 2.26. The molecule has 1 fully saturated rings. The van der Waals surface area contributed by atoms with Crippen LogP contribution in [0.5, 0.6) is 0 Å². The van der Waals surface area contributed by atoms with Gasteiger partial charge in [-0.2, -0.15) is 0 Å². The zero-order valence-corrected chi connectivity index (χ0v) is 11.2. The van der Waals surface area contributed by atoms with Crippen molar-refractivity contribution in [2.45, 2.75) is 25.8 Å². The summed E-state index contributed by atoms with van der Waals surface area (Å²) in [4.78, 5) is 34.8. The number of nitrogens with one attached hydrogen (secondary N) is 1. The predicted octanol–water partition coefficient (Wildman–Crippen LogP) is -0.0687. The highest BCUT2D eigenvalue weighted by molar-refractivity contribution is 8.00. The van der Waals surface area contributed by atoms with Crippen molar-refractivity contribution in [3.63, 3.8) is 0 Å². The number of thioether (sulfide) groups is 1. The summed E-state index contributed by atoms with van der Waals surface area (Å²) in [5.41, 5.74) is 0. The SMILES string of the molecule is CC1CCC(=O)N1CCNC(=O)CSCC(=O)O. The summed E-state index contributed by atoms with van der Waals surface area (Å²) < 4.78 is 0. The van der Waals surface area contributed by atoms with Gasteiger partial charge in [0.2, 0.25) is 11.8 Å². The fourth-order valence-corrected chi connectivity index (χ4v) is 2.38. The average molecular weight is 274 g/mol. The number of nitrogens with zero attached hydrogens (tertiary/aromatic N) is 1. The summed E-state index contributed by atoms with van der Waals surface area (Å²) in [6.07, 6.45) is 1.46. The van der Waals surface area contributed by atoms with Gasteiger partial charge in [-0.15, -0.1) is 11.8 Å². The minimum Gasteiger partial charge on any atom is -0.481 e. The molecule has 18 heavy (non-hydrogen) atoms. The number of hydrogen-bond donors (Lipinski definition) is 2. The lowest BCUT2D eigenvalue weighted by atomic mass is 10.2. The molecule has 102 valence electrons. The van der Waals surface area contributed by atoms with Crippen molar-refractivity contribution in [2.75, 3.05) is 24.6 Å². The minimum atomic E-state index is -0.927. The Labute approximate surface area is 110 Å². The van der Waals surface area contributed by atoms with Crippen molar-refractivity contribution in [1.82, 2.24) is 10.2 Å². The Balaban J connectivity index is 2.11. The van der Waals surface area contributed by atoms with Crippen LogP contribution in [-0.2, 0) is 14.4 Å². The molecule has 1 heterocycles. The van der Waals surface area contributed by atoms with Gasteiger partial charge in [0.05, 0.1) is 11.5 Å². The van der Waals surface area contributed by atoms with E-state index in [0.29, 0.717) is 19.5 Å². The predicted molar refractivity (Wildman–Crippen MR) is 68.4 cm³/mol. The van der Waals surface area contributed by atoms with Gasteiger partial charge >= 0.3 is 5.97 Å². The molecule has 0 bridgehead atoms. The van der Waals surface area contributed by atoms with Crippen molar-refractivity contribution in [3.05, 3.63) is 0 Å². The molecule has 1 rings (SSSR count). The molecule has 0 spiro atoms. The lowest BCUT2D eigenvalue weighted by Gasteiger charge is -2.21. The molecule has 0 aromatic heterocycles. The second-order valence-electron chi connectivity index (χ2n) is 4.21. The first kappa shape index (κ1) is 14.8. The topological polar surface area (TPSA) is 86.7 Å². The Morgan fingerprint density at radius 2 is 2.22 bits per heavy atom. The molecule has 1 aliphatic rings. The molecule has 0 aromatic rings. The van der Waals surface area contributed by atoms with E-state index in [4.69, 9.17) is 5.11 Å². The van der Waals surface area contributed by atoms with Gasteiger partial charge < -0.3 is 15.3 Å². The van der Waals surface area contributed by atoms with Crippen molar-refractivity contribution < 1.29 is 19.5 Å². The lowest BCUT2D eigenvalue weighted by molar-refractivity contribution is -0.134. The maximum absolute atomic E-state index is 11.5. The summed E-state index contributed by atoms with van der Waals surface area (Å²) in [5.74, 6) is -0.924. The van der Waals surface area contributed by atoms with Crippen molar-refractivity contribution in [2.24, 2.45) is 0 Å². The van der Waals surface area contributed by atoms with Crippen molar-refractivity contribution in [1.29, 1.82) is 0 Å². The summed E-state index contributed by atoms with van der Waals surface area (Å²) in [6.45, 7) is 2.94. The molecule has 1 unspecified atom stereocenters. The molecule has 0 saturated carbocycles. The van der Waals surface area contributed by atoms with Gasteiger partial charge in [0.25, 0.3) is 0 Å². The molecular weight excluding hydrogens is 256 g/mol. The molecule has 2 N–H and O–H groups in total. The summed E-state index contributed by atoms with van der Waals surface area (Å²) in [6, 6.07) is 0.246. The third-order valence-electron chi connectivity index (χ3n) is 2.76. The largest absolute Gasteiger partial charge is 0.481 e. The quantitative estimate of drug-likeness (QED) is 0.678. The van der Waals surface area contributed by atoms with Gasteiger partial charge in [-0.1, -0.05) is 0 Å².